The summed E-state index contributed by atoms with van der Waals surface area (Å²) in [6.07, 6.45) is 0.892. The summed E-state index contributed by atoms with van der Waals surface area (Å²) in [7, 11) is 0. The lowest BCUT2D eigenvalue weighted by Crippen LogP contribution is -2.25. The van der Waals surface area contributed by atoms with Gasteiger partial charge in [0.05, 0.1) is 22.1 Å². The Balaban J connectivity index is 2.44. The molecule has 0 spiro atoms. The molecule has 0 saturated heterocycles. The molecule has 0 aliphatic heterocycles. The molecule has 86 valence electrons. The van der Waals surface area contributed by atoms with Crippen LogP contribution in [0.5, 0.6) is 0 Å². The van der Waals surface area contributed by atoms with Gasteiger partial charge in [0.15, 0.2) is 0 Å². The molecule has 0 bridgehead atoms. The SMILES string of the molecule is CCC(N)Cn1nnc2cc(Cl)c(Cl)cc21. The fourth-order valence-corrected chi connectivity index (χ4v) is 1.76. The van der Waals surface area contributed by atoms with E-state index in [0.29, 0.717) is 16.6 Å². The first kappa shape index (κ1) is 11.6. The van der Waals surface area contributed by atoms with E-state index in [1.54, 1.807) is 16.8 Å². The average molecular weight is 259 g/mol. The van der Waals surface area contributed by atoms with Gasteiger partial charge in [0, 0.05) is 6.04 Å². The highest BCUT2D eigenvalue weighted by molar-refractivity contribution is 6.42. The number of nitrogens with zero attached hydrogens (tertiary/aromatic N) is 3. The van der Waals surface area contributed by atoms with E-state index >= 15 is 0 Å². The van der Waals surface area contributed by atoms with Crippen molar-refractivity contribution in [3.05, 3.63) is 22.2 Å². The number of benzene rings is 1. The second-order valence-corrected chi connectivity index (χ2v) is 4.51. The van der Waals surface area contributed by atoms with Crippen LogP contribution in [-0.2, 0) is 6.54 Å². The normalized spacial score (nSPS) is 13.2. The molecule has 0 aliphatic carbocycles. The second kappa shape index (κ2) is 4.57. The Hall–Kier alpha value is -0.840. The maximum absolute atomic E-state index is 5.95. The van der Waals surface area contributed by atoms with E-state index in [4.69, 9.17) is 28.9 Å². The number of hydrogen-bond donors (Lipinski definition) is 1. The van der Waals surface area contributed by atoms with Crippen molar-refractivity contribution < 1.29 is 0 Å². The standard InChI is InChI=1S/C10H12Cl2N4/c1-2-6(13)5-16-10-4-8(12)7(11)3-9(10)14-15-16/h3-4,6H,2,5,13H2,1H3. The van der Waals surface area contributed by atoms with Crippen molar-refractivity contribution in [2.24, 2.45) is 5.73 Å². The molecule has 16 heavy (non-hydrogen) atoms. The Morgan fingerprint density at radius 1 is 1.38 bits per heavy atom. The van der Waals surface area contributed by atoms with Crippen LogP contribution in [-0.4, -0.2) is 21.0 Å². The molecule has 1 heterocycles. The van der Waals surface area contributed by atoms with Crippen molar-refractivity contribution in [3.8, 4) is 0 Å². The van der Waals surface area contributed by atoms with Gasteiger partial charge in [-0.25, -0.2) is 4.68 Å². The van der Waals surface area contributed by atoms with Gasteiger partial charge in [-0.05, 0) is 18.6 Å². The highest BCUT2D eigenvalue weighted by Gasteiger charge is 2.10. The van der Waals surface area contributed by atoms with Crippen molar-refractivity contribution in [1.29, 1.82) is 0 Å². The minimum Gasteiger partial charge on any atom is -0.326 e. The third-order valence-electron chi connectivity index (χ3n) is 2.49. The summed E-state index contributed by atoms with van der Waals surface area (Å²) in [6, 6.07) is 3.54. The smallest absolute Gasteiger partial charge is 0.114 e. The van der Waals surface area contributed by atoms with Gasteiger partial charge in [-0.1, -0.05) is 35.3 Å². The molecular weight excluding hydrogens is 247 g/mol. The van der Waals surface area contributed by atoms with Gasteiger partial charge < -0.3 is 5.73 Å². The number of halogens is 2. The first-order valence-electron chi connectivity index (χ1n) is 5.05. The van der Waals surface area contributed by atoms with Gasteiger partial charge in [0.25, 0.3) is 0 Å². The molecule has 0 radical (unpaired) electrons. The quantitative estimate of drug-likeness (QED) is 0.921. The van der Waals surface area contributed by atoms with Gasteiger partial charge >= 0.3 is 0 Å². The lowest BCUT2D eigenvalue weighted by Gasteiger charge is -2.08. The molecule has 0 amide bonds. The second-order valence-electron chi connectivity index (χ2n) is 3.69. The number of hydrogen-bond acceptors (Lipinski definition) is 3. The summed E-state index contributed by atoms with van der Waals surface area (Å²) >= 11 is 11.9. The fourth-order valence-electron chi connectivity index (χ4n) is 1.45. The predicted octanol–water partition coefficient (Wildman–Crippen LogP) is 2.48. The third-order valence-corrected chi connectivity index (χ3v) is 3.21. The van der Waals surface area contributed by atoms with Gasteiger partial charge in [0.1, 0.15) is 5.52 Å². The van der Waals surface area contributed by atoms with Gasteiger partial charge in [-0.2, -0.15) is 0 Å². The Morgan fingerprint density at radius 3 is 2.75 bits per heavy atom. The van der Waals surface area contributed by atoms with E-state index in [1.165, 1.54) is 0 Å². The summed E-state index contributed by atoms with van der Waals surface area (Å²) < 4.78 is 1.76. The highest BCUT2D eigenvalue weighted by Crippen LogP contribution is 2.26. The zero-order valence-corrected chi connectivity index (χ0v) is 10.3. The van der Waals surface area contributed by atoms with Crippen LogP contribution in [0, 0.1) is 0 Å². The molecule has 6 heteroatoms. The van der Waals surface area contributed by atoms with Crippen molar-refractivity contribution in [2.75, 3.05) is 0 Å². The molecule has 2 rings (SSSR count). The van der Waals surface area contributed by atoms with Gasteiger partial charge in [0.2, 0.25) is 0 Å². The molecular formula is C10H12Cl2N4. The van der Waals surface area contributed by atoms with Gasteiger partial charge in [-0.15, -0.1) is 5.10 Å². The molecule has 0 fully saturated rings. The maximum atomic E-state index is 5.95. The van der Waals surface area contributed by atoms with Crippen LogP contribution in [0.1, 0.15) is 13.3 Å². The first-order chi connectivity index (χ1) is 7.61. The zero-order chi connectivity index (χ0) is 11.7. The fraction of sp³-hybridized carbons (Fsp3) is 0.400. The minimum absolute atomic E-state index is 0.0688. The summed E-state index contributed by atoms with van der Waals surface area (Å²) in [5.74, 6) is 0. The van der Waals surface area contributed by atoms with Crippen molar-refractivity contribution in [3.63, 3.8) is 0 Å². The van der Waals surface area contributed by atoms with Crippen LogP contribution in [0.3, 0.4) is 0 Å². The Kier molecular flexibility index (Phi) is 3.33. The van der Waals surface area contributed by atoms with Crippen molar-refractivity contribution in [2.45, 2.75) is 25.9 Å². The first-order valence-corrected chi connectivity index (χ1v) is 5.81. The molecule has 2 aromatic rings. The largest absolute Gasteiger partial charge is 0.326 e. The van der Waals surface area contributed by atoms with Crippen molar-refractivity contribution in [1.82, 2.24) is 15.0 Å². The monoisotopic (exact) mass is 258 g/mol. The molecule has 2 N–H and O–H groups in total. The van der Waals surface area contributed by atoms with E-state index in [9.17, 15) is 0 Å². The predicted molar refractivity (Wildman–Crippen MR) is 65.8 cm³/mol. The summed E-state index contributed by atoms with van der Waals surface area (Å²) in [6.45, 7) is 2.67. The summed E-state index contributed by atoms with van der Waals surface area (Å²) in [5.41, 5.74) is 7.47. The van der Waals surface area contributed by atoms with Crippen molar-refractivity contribution >= 4 is 34.2 Å². The Morgan fingerprint density at radius 2 is 2.06 bits per heavy atom. The Labute approximate surface area is 103 Å². The molecule has 1 unspecified atom stereocenters. The van der Waals surface area contributed by atoms with Crippen LogP contribution < -0.4 is 5.73 Å². The number of aromatic nitrogens is 3. The molecule has 0 saturated carbocycles. The molecule has 1 aromatic heterocycles. The van der Waals surface area contributed by atoms with Crippen LogP contribution in [0.15, 0.2) is 12.1 Å². The minimum atomic E-state index is 0.0688. The number of rotatable bonds is 3. The highest BCUT2D eigenvalue weighted by atomic mass is 35.5. The van der Waals surface area contributed by atoms with E-state index < -0.39 is 0 Å². The molecule has 0 aliphatic rings. The van der Waals surface area contributed by atoms with Crippen LogP contribution in [0.2, 0.25) is 10.0 Å². The lowest BCUT2D eigenvalue weighted by atomic mass is 10.2. The van der Waals surface area contributed by atoms with E-state index in [2.05, 4.69) is 10.3 Å². The zero-order valence-electron chi connectivity index (χ0n) is 8.82. The van der Waals surface area contributed by atoms with Gasteiger partial charge in [-0.3, -0.25) is 0 Å². The summed E-state index contributed by atoms with van der Waals surface area (Å²) in [4.78, 5) is 0. The van der Waals surface area contributed by atoms with Crippen LogP contribution in [0.25, 0.3) is 11.0 Å². The summed E-state index contributed by atoms with van der Waals surface area (Å²) in [5, 5.41) is 9.05. The van der Waals surface area contributed by atoms with Crippen LogP contribution >= 0.6 is 23.2 Å². The maximum Gasteiger partial charge on any atom is 0.114 e. The molecule has 1 aromatic carbocycles. The Bertz CT molecular complexity index is 509. The number of fused-ring (bicyclic) bond motifs is 1. The van der Waals surface area contributed by atoms with E-state index in [1.807, 2.05) is 6.92 Å². The number of nitrogens with two attached hydrogens (primary N) is 1. The molecule has 4 nitrogen and oxygen atoms in total. The van der Waals surface area contributed by atoms with Crippen LogP contribution in [0.4, 0.5) is 0 Å². The lowest BCUT2D eigenvalue weighted by molar-refractivity contribution is 0.499. The average Bonchev–Trinajstić information content (AvgIpc) is 2.62. The topological polar surface area (TPSA) is 56.7 Å². The molecule has 1 atom stereocenters. The van der Waals surface area contributed by atoms with E-state index in [-0.39, 0.29) is 6.04 Å². The van der Waals surface area contributed by atoms with E-state index in [0.717, 1.165) is 17.5 Å². The third kappa shape index (κ3) is 2.14.